The van der Waals surface area contributed by atoms with Crippen molar-refractivity contribution in [3.05, 3.63) is 75.5 Å². The molecule has 1 aliphatic rings. The fraction of sp³-hybridized carbons (Fsp3) is 0.167. The zero-order valence-corrected chi connectivity index (χ0v) is 19.8. The highest BCUT2D eigenvalue weighted by atomic mass is 32.1. The number of aromatic nitrogens is 3. The quantitative estimate of drug-likeness (QED) is 0.393. The molecule has 34 heavy (non-hydrogen) atoms. The molecule has 0 saturated heterocycles. The molecule has 4 aromatic rings. The summed E-state index contributed by atoms with van der Waals surface area (Å²) < 4.78 is 12.0. The fourth-order valence-electron chi connectivity index (χ4n) is 3.40. The van der Waals surface area contributed by atoms with E-state index in [1.54, 1.807) is 40.9 Å². The number of ether oxygens (including phenoxy) is 2. The highest BCUT2D eigenvalue weighted by molar-refractivity contribution is 7.23. The van der Waals surface area contributed by atoms with E-state index >= 15 is 0 Å². The van der Waals surface area contributed by atoms with E-state index in [-0.39, 0.29) is 31.3 Å². The predicted molar refractivity (Wildman–Crippen MR) is 132 cm³/mol. The van der Waals surface area contributed by atoms with Gasteiger partial charge in [-0.1, -0.05) is 12.1 Å². The van der Waals surface area contributed by atoms with Crippen LogP contribution in [-0.4, -0.2) is 34.0 Å². The van der Waals surface area contributed by atoms with Gasteiger partial charge in [0.15, 0.2) is 11.5 Å². The average Bonchev–Trinajstić information content (AvgIpc) is 3.59. The zero-order chi connectivity index (χ0) is 23.5. The van der Waals surface area contributed by atoms with Crippen molar-refractivity contribution in [1.29, 1.82) is 0 Å². The molecule has 172 valence electrons. The van der Waals surface area contributed by atoms with Crippen LogP contribution in [0.25, 0.3) is 26.5 Å². The first-order chi connectivity index (χ1) is 16.6. The number of rotatable bonds is 7. The molecular weight excluding hydrogens is 472 g/mol. The number of fused-ring (bicyclic) bond motifs is 1. The smallest absolute Gasteiger partial charge is 0.266 e. The number of aryl methyl sites for hydroxylation is 1. The van der Waals surface area contributed by atoms with E-state index in [1.807, 2.05) is 36.6 Å². The summed E-state index contributed by atoms with van der Waals surface area (Å²) in [4.78, 5) is 31.2. The minimum absolute atomic E-state index is 0.204. The van der Waals surface area contributed by atoms with Gasteiger partial charge in [-0.2, -0.15) is 5.10 Å². The molecule has 5 rings (SSSR count). The van der Waals surface area contributed by atoms with Gasteiger partial charge in [0.05, 0.1) is 22.0 Å². The SMILES string of the molecule is Cc1nc(-c2cccs2)sc1-c1ccc(=O)n(CCNC(=O)C=Cc2ccc3c(c2)OCO3)n1. The average molecular weight is 493 g/mol. The molecule has 1 aliphatic heterocycles. The van der Waals surface area contributed by atoms with Crippen molar-refractivity contribution in [1.82, 2.24) is 20.1 Å². The third kappa shape index (κ3) is 4.78. The first-order valence-corrected chi connectivity index (χ1v) is 12.2. The number of benzene rings is 1. The lowest BCUT2D eigenvalue weighted by molar-refractivity contribution is -0.116. The Morgan fingerprint density at radius 3 is 2.94 bits per heavy atom. The lowest BCUT2D eigenvalue weighted by Crippen LogP contribution is -2.31. The van der Waals surface area contributed by atoms with Crippen LogP contribution in [0.5, 0.6) is 11.5 Å². The summed E-state index contributed by atoms with van der Waals surface area (Å²) >= 11 is 3.19. The van der Waals surface area contributed by atoms with Gasteiger partial charge in [-0.3, -0.25) is 9.59 Å². The van der Waals surface area contributed by atoms with Crippen molar-refractivity contribution < 1.29 is 14.3 Å². The number of nitrogens with one attached hydrogen (secondary N) is 1. The molecule has 0 atom stereocenters. The van der Waals surface area contributed by atoms with Crippen LogP contribution >= 0.6 is 22.7 Å². The maximum absolute atomic E-state index is 12.3. The van der Waals surface area contributed by atoms with E-state index in [2.05, 4.69) is 15.4 Å². The summed E-state index contributed by atoms with van der Waals surface area (Å²) in [5.74, 6) is 1.09. The van der Waals surface area contributed by atoms with Crippen molar-refractivity contribution >= 4 is 34.7 Å². The third-order valence-corrected chi connectivity index (χ3v) is 7.29. The van der Waals surface area contributed by atoms with E-state index < -0.39 is 0 Å². The number of thiazole rings is 1. The van der Waals surface area contributed by atoms with Crippen LogP contribution in [0.2, 0.25) is 0 Å². The number of carbonyl (C=O) groups excluding carboxylic acids is 1. The molecule has 1 N–H and O–H groups in total. The lowest BCUT2D eigenvalue weighted by atomic mass is 10.2. The molecule has 10 heteroatoms. The molecule has 0 spiro atoms. The number of amides is 1. The molecule has 0 bridgehead atoms. The van der Waals surface area contributed by atoms with Crippen LogP contribution in [0.15, 0.2) is 58.7 Å². The van der Waals surface area contributed by atoms with Gasteiger partial charge in [0.25, 0.3) is 5.56 Å². The van der Waals surface area contributed by atoms with Crippen LogP contribution in [0, 0.1) is 6.92 Å². The Hall–Kier alpha value is -3.76. The van der Waals surface area contributed by atoms with Crippen LogP contribution < -0.4 is 20.3 Å². The Kier molecular flexibility index (Phi) is 6.24. The number of carbonyl (C=O) groups is 1. The molecule has 0 fully saturated rings. The lowest BCUT2D eigenvalue weighted by Gasteiger charge is -2.07. The van der Waals surface area contributed by atoms with Crippen molar-refractivity contribution in [3.63, 3.8) is 0 Å². The van der Waals surface area contributed by atoms with Crippen molar-refractivity contribution in [2.45, 2.75) is 13.5 Å². The summed E-state index contributed by atoms with van der Waals surface area (Å²) in [6.45, 7) is 2.66. The molecular formula is C24H20N4O4S2. The second-order valence-electron chi connectivity index (χ2n) is 7.43. The molecule has 3 aromatic heterocycles. The summed E-state index contributed by atoms with van der Waals surface area (Å²) in [6.07, 6.45) is 3.14. The summed E-state index contributed by atoms with van der Waals surface area (Å²) in [6, 6.07) is 12.7. The highest BCUT2D eigenvalue weighted by Crippen LogP contribution is 2.36. The van der Waals surface area contributed by atoms with E-state index in [4.69, 9.17) is 9.47 Å². The van der Waals surface area contributed by atoms with E-state index in [0.717, 1.165) is 26.0 Å². The minimum Gasteiger partial charge on any atom is -0.454 e. The molecule has 1 amide bonds. The highest BCUT2D eigenvalue weighted by Gasteiger charge is 2.15. The third-order valence-electron chi connectivity index (χ3n) is 5.07. The summed E-state index contributed by atoms with van der Waals surface area (Å²) in [5.41, 5.74) is 2.15. The number of nitrogens with zero attached hydrogens (tertiary/aromatic N) is 3. The normalized spacial score (nSPS) is 12.4. The second kappa shape index (κ2) is 9.62. The first kappa shape index (κ1) is 22.1. The number of hydrogen-bond donors (Lipinski definition) is 1. The second-order valence-corrected chi connectivity index (χ2v) is 9.37. The van der Waals surface area contributed by atoms with Crippen molar-refractivity contribution in [3.8, 4) is 32.0 Å². The van der Waals surface area contributed by atoms with Gasteiger partial charge in [-0.15, -0.1) is 22.7 Å². The Balaban J connectivity index is 1.22. The van der Waals surface area contributed by atoms with E-state index in [0.29, 0.717) is 17.2 Å². The Morgan fingerprint density at radius 1 is 1.21 bits per heavy atom. The predicted octanol–water partition coefficient (Wildman–Crippen LogP) is 3.96. The van der Waals surface area contributed by atoms with E-state index in [1.165, 1.54) is 16.8 Å². The standard InChI is InChI=1S/C24H20N4O4S2/c1-15-23(34-24(26-15)20-3-2-12-33-20)17-6-9-22(30)28(27-17)11-10-25-21(29)8-5-16-4-7-18-19(13-16)32-14-31-18/h2-9,12-13H,10-11,14H2,1H3,(H,25,29). The Bertz CT molecular complexity index is 1420. The van der Waals surface area contributed by atoms with Gasteiger partial charge < -0.3 is 14.8 Å². The summed E-state index contributed by atoms with van der Waals surface area (Å²) in [5, 5.41) is 10.2. The van der Waals surface area contributed by atoms with Crippen LogP contribution in [-0.2, 0) is 11.3 Å². The van der Waals surface area contributed by atoms with Gasteiger partial charge >= 0.3 is 0 Å². The van der Waals surface area contributed by atoms with Crippen molar-refractivity contribution in [2.24, 2.45) is 0 Å². The van der Waals surface area contributed by atoms with Gasteiger partial charge in [0.1, 0.15) is 10.7 Å². The Labute approximate surface area is 203 Å². The first-order valence-electron chi connectivity index (χ1n) is 10.5. The molecule has 0 radical (unpaired) electrons. The van der Waals surface area contributed by atoms with Gasteiger partial charge in [0, 0.05) is 18.7 Å². The number of thiophene rings is 1. The monoisotopic (exact) mass is 492 g/mol. The van der Waals surface area contributed by atoms with Gasteiger partial charge in [-0.05, 0) is 48.2 Å². The number of hydrogen-bond acceptors (Lipinski definition) is 8. The molecule has 1 aromatic carbocycles. The van der Waals surface area contributed by atoms with Gasteiger partial charge in [0.2, 0.25) is 12.7 Å². The van der Waals surface area contributed by atoms with Crippen LogP contribution in [0.4, 0.5) is 0 Å². The van der Waals surface area contributed by atoms with Crippen LogP contribution in [0.3, 0.4) is 0 Å². The van der Waals surface area contributed by atoms with Crippen LogP contribution in [0.1, 0.15) is 11.3 Å². The molecule has 8 nitrogen and oxygen atoms in total. The largest absolute Gasteiger partial charge is 0.454 e. The molecule has 4 heterocycles. The summed E-state index contributed by atoms with van der Waals surface area (Å²) in [7, 11) is 0. The molecule has 0 aliphatic carbocycles. The zero-order valence-electron chi connectivity index (χ0n) is 18.2. The Morgan fingerprint density at radius 2 is 2.09 bits per heavy atom. The topological polar surface area (TPSA) is 95.3 Å². The minimum atomic E-state index is -0.263. The molecule has 0 saturated carbocycles. The maximum atomic E-state index is 12.3. The fourth-order valence-corrected chi connectivity index (χ4v) is 5.23. The van der Waals surface area contributed by atoms with Gasteiger partial charge in [-0.25, -0.2) is 9.67 Å². The molecule has 0 unspecified atom stereocenters. The maximum Gasteiger partial charge on any atom is 0.266 e. The van der Waals surface area contributed by atoms with E-state index in [9.17, 15) is 9.59 Å². The van der Waals surface area contributed by atoms with Crippen molar-refractivity contribution in [2.75, 3.05) is 13.3 Å².